The first-order chi connectivity index (χ1) is 11.3. The van der Waals surface area contributed by atoms with Crippen molar-refractivity contribution in [3.63, 3.8) is 0 Å². The van der Waals surface area contributed by atoms with Gasteiger partial charge < -0.3 is 14.6 Å². The van der Waals surface area contributed by atoms with Crippen LogP contribution in [0.15, 0.2) is 39.8 Å². The van der Waals surface area contributed by atoms with Crippen molar-refractivity contribution in [3.05, 3.63) is 41.8 Å². The minimum absolute atomic E-state index is 0.0967. The summed E-state index contributed by atoms with van der Waals surface area (Å²) in [4.78, 5) is 24.1. The van der Waals surface area contributed by atoms with E-state index in [0.717, 1.165) is 0 Å². The third kappa shape index (κ3) is 5.05. The maximum atomic E-state index is 12.2. The molecule has 1 heterocycles. The average Bonchev–Trinajstić information content (AvgIpc) is 2.95. The van der Waals surface area contributed by atoms with Gasteiger partial charge in [0.25, 0.3) is 11.7 Å². The fraction of sp³-hybridized carbons (Fsp3) is 0.267. The van der Waals surface area contributed by atoms with E-state index in [1.54, 1.807) is 6.92 Å². The minimum atomic E-state index is -2.51. The van der Waals surface area contributed by atoms with Gasteiger partial charge in [0, 0.05) is 16.6 Å². The van der Waals surface area contributed by atoms with Gasteiger partial charge in [0.1, 0.15) is 0 Å². The molecule has 1 aromatic heterocycles. The number of alkyl halides is 2. The fourth-order valence-corrected chi connectivity index (χ4v) is 2.19. The molecule has 1 aromatic carbocycles. The van der Waals surface area contributed by atoms with Crippen molar-refractivity contribution in [1.29, 1.82) is 0 Å². The number of benzene rings is 1. The lowest BCUT2D eigenvalue weighted by atomic mass is 10.3. The summed E-state index contributed by atoms with van der Waals surface area (Å²) in [5.41, 5.74) is 0.915. The van der Waals surface area contributed by atoms with Crippen LogP contribution < -0.4 is 5.32 Å². The van der Waals surface area contributed by atoms with E-state index >= 15 is 0 Å². The second-order valence-corrected chi connectivity index (χ2v) is 5.84. The van der Waals surface area contributed by atoms with Gasteiger partial charge in [0.15, 0.2) is 6.10 Å². The zero-order chi connectivity index (χ0) is 17.7. The summed E-state index contributed by atoms with van der Waals surface area (Å²) in [7, 11) is 0. The molecule has 1 N–H and O–H groups in total. The van der Waals surface area contributed by atoms with Crippen LogP contribution in [0, 0.1) is 6.92 Å². The maximum Gasteiger partial charge on any atom is 0.377 e. The number of carbonyl (C=O) groups excluding carboxylic acids is 2. The van der Waals surface area contributed by atoms with Gasteiger partial charge in [-0.15, -0.1) is 0 Å². The summed E-state index contributed by atoms with van der Waals surface area (Å²) in [5.74, 6) is -3.97. The normalized spacial score (nSPS) is 12.0. The highest BCUT2D eigenvalue weighted by Gasteiger charge is 2.21. The van der Waals surface area contributed by atoms with Crippen LogP contribution in [0.5, 0.6) is 0 Å². The molecule has 128 valence electrons. The average molecular weight is 356 g/mol. The quantitative estimate of drug-likeness (QED) is 0.630. The number of carbonyl (C=O) groups is 2. The van der Waals surface area contributed by atoms with E-state index in [9.17, 15) is 18.4 Å². The Balaban J connectivity index is 1.90. The summed E-state index contributed by atoms with van der Waals surface area (Å²) in [5, 5.41) is 6.08. The predicted octanol–water partition coefficient (Wildman–Crippen LogP) is 3.48. The van der Waals surface area contributed by atoms with Crippen molar-refractivity contribution in [2.45, 2.75) is 30.6 Å². The Morgan fingerprint density at radius 1 is 1.29 bits per heavy atom. The summed E-state index contributed by atoms with van der Waals surface area (Å²) in [6.07, 6.45) is -1.07. The van der Waals surface area contributed by atoms with Gasteiger partial charge in [-0.05, 0) is 38.1 Å². The topological polar surface area (TPSA) is 81.4 Å². The largest absolute Gasteiger partial charge is 0.447 e. The van der Waals surface area contributed by atoms with Gasteiger partial charge in [0.05, 0.1) is 5.69 Å². The second-order valence-electron chi connectivity index (χ2n) is 4.77. The second kappa shape index (κ2) is 7.91. The van der Waals surface area contributed by atoms with Gasteiger partial charge in [-0.3, -0.25) is 4.79 Å². The predicted molar refractivity (Wildman–Crippen MR) is 83.1 cm³/mol. The molecule has 0 radical (unpaired) electrons. The molecule has 0 aliphatic heterocycles. The Morgan fingerprint density at radius 3 is 2.50 bits per heavy atom. The van der Waals surface area contributed by atoms with E-state index in [0.29, 0.717) is 28.0 Å². The zero-order valence-corrected chi connectivity index (χ0v) is 13.6. The lowest BCUT2D eigenvalue weighted by Crippen LogP contribution is -2.29. The smallest absolute Gasteiger partial charge is 0.377 e. The van der Waals surface area contributed by atoms with Crippen molar-refractivity contribution in [3.8, 4) is 0 Å². The van der Waals surface area contributed by atoms with Crippen LogP contribution >= 0.6 is 11.8 Å². The highest BCUT2D eigenvalue weighted by molar-refractivity contribution is 7.99. The number of rotatable bonds is 6. The number of aromatic nitrogens is 1. The van der Waals surface area contributed by atoms with E-state index < -0.39 is 23.7 Å². The highest BCUT2D eigenvalue weighted by atomic mass is 32.2. The summed E-state index contributed by atoms with van der Waals surface area (Å²) in [6, 6.07) is 7.28. The number of aryl methyl sites for hydroxylation is 1. The third-order valence-corrected chi connectivity index (χ3v) is 3.55. The fourth-order valence-electron chi connectivity index (χ4n) is 1.70. The van der Waals surface area contributed by atoms with Crippen molar-refractivity contribution >= 4 is 29.3 Å². The van der Waals surface area contributed by atoms with Gasteiger partial charge in [-0.25, -0.2) is 4.79 Å². The number of hydrogen-bond donors (Lipinski definition) is 1. The first-order valence-corrected chi connectivity index (χ1v) is 7.73. The Bertz CT molecular complexity index is 719. The lowest BCUT2D eigenvalue weighted by molar-refractivity contribution is -0.123. The van der Waals surface area contributed by atoms with Crippen LogP contribution in [0.25, 0.3) is 0 Å². The Morgan fingerprint density at radius 2 is 1.96 bits per heavy atom. The zero-order valence-electron chi connectivity index (χ0n) is 12.8. The Kier molecular flexibility index (Phi) is 5.91. The molecule has 0 aliphatic rings. The number of ether oxygens (including phenoxy) is 1. The van der Waals surface area contributed by atoms with E-state index in [1.165, 1.54) is 37.3 Å². The van der Waals surface area contributed by atoms with Crippen LogP contribution in [0.2, 0.25) is 0 Å². The van der Waals surface area contributed by atoms with Crippen molar-refractivity contribution in [1.82, 2.24) is 5.16 Å². The molecule has 9 heteroatoms. The molecule has 1 amide bonds. The molecule has 24 heavy (non-hydrogen) atoms. The molecule has 1 atom stereocenters. The molecule has 6 nitrogen and oxygen atoms in total. The number of nitrogens with zero attached hydrogens (tertiary/aromatic N) is 1. The number of amides is 1. The van der Waals surface area contributed by atoms with Crippen LogP contribution in [0.3, 0.4) is 0 Å². The summed E-state index contributed by atoms with van der Waals surface area (Å²) < 4.78 is 34.2. The van der Waals surface area contributed by atoms with E-state index in [-0.39, 0.29) is 5.76 Å². The van der Waals surface area contributed by atoms with Crippen LogP contribution in [-0.2, 0) is 9.53 Å². The van der Waals surface area contributed by atoms with Gasteiger partial charge in [-0.2, -0.15) is 8.78 Å². The molecule has 0 unspecified atom stereocenters. The SMILES string of the molecule is Cc1cc(C(=O)O[C@@H](C)C(=O)Nc2ccc(SC(F)F)cc2)on1. The molecule has 0 saturated carbocycles. The standard InChI is InChI=1S/C15H14F2N2O4S/c1-8-7-12(23-19-8)14(21)22-9(2)13(20)18-10-3-5-11(6-4-10)24-15(16)17/h3-7,9,15H,1-2H3,(H,18,20)/t9-/m0/s1. The molecular weight excluding hydrogens is 342 g/mol. The van der Waals surface area contributed by atoms with Crippen molar-refractivity contribution in [2.24, 2.45) is 0 Å². The third-order valence-electron chi connectivity index (χ3n) is 2.83. The molecular formula is C15H14F2N2O4S. The lowest BCUT2D eigenvalue weighted by Gasteiger charge is -2.12. The highest BCUT2D eigenvalue weighted by Crippen LogP contribution is 2.26. The van der Waals surface area contributed by atoms with E-state index in [1.807, 2.05) is 0 Å². The number of halogens is 2. The first kappa shape index (κ1) is 17.9. The van der Waals surface area contributed by atoms with Gasteiger partial charge in [0.2, 0.25) is 5.76 Å². The molecule has 2 aromatic rings. The molecule has 0 fully saturated rings. The molecule has 0 aliphatic carbocycles. The molecule has 0 saturated heterocycles. The Hall–Kier alpha value is -2.42. The van der Waals surface area contributed by atoms with Gasteiger partial charge in [-0.1, -0.05) is 16.9 Å². The first-order valence-electron chi connectivity index (χ1n) is 6.85. The Labute approximate surface area is 140 Å². The number of esters is 1. The molecule has 0 bridgehead atoms. The number of thioether (sulfide) groups is 1. The summed E-state index contributed by atoms with van der Waals surface area (Å²) in [6.45, 7) is 3.05. The summed E-state index contributed by atoms with van der Waals surface area (Å²) >= 11 is 0.409. The maximum absolute atomic E-state index is 12.2. The van der Waals surface area contributed by atoms with E-state index in [2.05, 4.69) is 10.5 Å². The minimum Gasteiger partial charge on any atom is -0.447 e. The van der Waals surface area contributed by atoms with Crippen LogP contribution in [0.1, 0.15) is 23.2 Å². The number of anilines is 1. The van der Waals surface area contributed by atoms with Crippen molar-refractivity contribution in [2.75, 3.05) is 5.32 Å². The van der Waals surface area contributed by atoms with E-state index in [4.69, 9.17) is 9.26 Å². The van der Waals surface area contributed by atoms with Crippen LogP contribution in [-0.4, -0.2) is 28.9 Å². The van der Waals surface area contributed by atoms with Crippen LogP contribution in [0.4, 0.5) is 14.5 Å². The van der Waals surface area contributed by atoms with Gasteiger partial charge >= 0.3 is 5.97 Å². The van der Waals surface area contributed by atoms with Crippen molar-refractivity contribution < 1.29 is 27.6 Å². The molecule has 2 rings (SSSR count). The number of nitrogens with one attached hydrogen (secondary N) is 1. The molecule has 0 spiro atoms. The number of hydrogen-bond acceptors (Lipinski definition) is 6. The monoisotopic (exact) mass is 356 g/mol.